The number of nitrogens with zero attached hydrogens (tertiary/aromatic N) is 2. The minimum absolute atomic E-state index is 0.0897. The van der Waals surface area contributed by atoms with Crippen LogP contribution < -0.4 is 4.74 Å². The largest absolute Gasteiger partial charge is 0.495 e. The standard InChI is InChI=1S/C12H18N2O6S/c1-9(15)6-7-13(2)21(18,19)12-5-4-10(14(16)17)8-11(12)20-3/h4-5,8-9,15H,6-7H2,1-3H3. The lowest BCUT2D eigenvalue weighted by molar-refractivity contribution is -0.385. The third-order valence-corrected chi connectivity index (χ3v) is 4.80. The fourth-order valence-electron chi connectivity index (χ4n) is 1.64. The Bertz CT molecular complexity index is 614. The third kappa shape index (κ3) is 4.13. The van der Waals surface area contributed by atoms with Gasteiger partial charge in [0.25, 0.3) is 5.69 Å². The maximum atomic E-state index is 12.4. The van der Waals surface area contributed by atoms with Gasteiger partial charge in [0.15, 0.2) is 0 Å². The quantitative estimate of drug-likeness (QED) is 0.593. The first-order valence-corrected chi connectivity index (χ1v) is 7.61. The minimum atomic E-state index is -3.85. The Labute approximate surface area is 123 Å². The van der Waals surface area contributed by atoms with Crippen molar-refractivity contribution in [1.82, 2.24) is 4.31 Å². The number of ether oxygens (including phenoxy) is 1. The highest BCUT2D eigenvalue weighted by Gasteiger charge is 2.26. The number of non-ortho nitro benzene ring substituents is 1. The second-order valence-corrected chi connectivity index (χ2v) is 6.57. The Kier molecular flexibility index (Phi) is 5.64. The van der Waals surface area contributed by atoms with Crippen molar-refractivity contribution < 1.29 is 23.2 Å². The molecule has 0 saturated carbocycles. The number of benzene rings is 1. The van der Waals surface area contributed by atoms with Gasteiger partial charge in [0, 0.05) is 19.7 Å². The summed E-state index contributed by atoms with van der Waals surface area (Å²) in [7, 11) is -1.23. The SMILES string of the molecule is COc1cc([N+](=O)[O-])ccc1S(=O)(=O)N(C)CCC(C)O. The highest BCUT2D eigenvalue weighted by molar-refractivity contribution is 7.89. The summed E-state index contributed by atoms with van der Waals surface area (Å²) in [5, 5.41) is 19.9. The first-order chi connectivity index (χ1) is 9.70. The molecule has 0 heterocycles. The molecule has 0 aliphatic carbocycles. The summed E-state index contributed by atoms with van der Waals surface area (Å²) in [5.74, 6) is -0.0897. The average molecular weight is 318 g/mol. The van der Waals surface area contributed by atoms with E-state index in [0.717, 1.165) is 22.5 Å². The van der Waals surface area contributed by atoms with Gasteiger partial charge in [-0.15, -0.1) is 0 Å². The molecule has 1 unspecified atom stereocenters. The molecule has 0 fully saturated rings. The Balaban J connectivity index is 3.16. The molecule has 0 bridgehead atoms. The molecule has 21 heavy (non-hydrogen) atoms. The summed E-state index contributed by atoms with van der Waals surface area (Å²) in [5.41, 5.74) is -0.252. The maximum absolute atomic E-state index is 12.4. The van der Waals surface area contributed by atoms with Crippen molar-refractivity contribution in [3.8, 4) is 5.75 Å². The zero-order chi connectivity index (χ0) is 16.2. The number of hydrogen-bond donors (Lipinski definition) is 1. The number of nitro groups is 1. The number of sulfonamides is 1. The van der Waals surface area contributed by atoms with Crippen molar-refractivity contribution in [2.75, 3.05) is 20.7 Å². The Morgan fingerprint density at radius 3 is 2.57 bits per heavy atom. The predicted molar refractivity (Wildman–Crippen MR) is 75.8 cm³/mol. The van der Waals surface area contributed by atoms with Crippen LogP contribution in [0.5, 0.6) is 5.75 Å². The van der Waals surface area contributed by atoms with Crippen LogP contribution in [0.2, 0.25) is 0 Å². The lowest BCUT2D eigenvalue weighted by Gasteiger charge is -2.19. The van der Waals surface area contributed by atoms with Crippen LogP contribution in [-0.4, -0.2) is 49.6 Å². The number of aliphatic hydroxyl groups excluding tert-OH is 1. The topological polar surface area (TPSA) is 110 Å². The van der Waals surface area contributed by atoms with E-state index in [4.69, 9.17) is 4.74 Å². The number of hydrogen-bond acceptors (Lipinski definition) is 6. The molecular formula is C12H18N2O6S. The highest BCUT2D eigenvalue weighted by Crippen LogP contribution is 2.30. The molecule has 1 rings (SSSR count). The molecule has 0 aromatic heterocycles. The van der Waals surface area contributed by atoms with E-state index >= 15 is 0 Å². The van der Waals surface area contributed by atoms with Gasteiger partial charge < -0.3 is 9.84 Å². The second-order valence-electron chi connectivity index (χ2n) is 4.56. The maximum Gasteiger partial charge on any atom is 0.273 e. The van der Waals surface area contributed by atoms with Gasteiger partial charge in [-0.3, -0.25) is 10.1 Å². The van der Waals surface area contributed by atoms with Crippen LogP contribution in [0.1, 0.15) is 13.3 Å². The van der Waals surface area contributed by atoms with Crippen LogP contribution in [0.15, 0.2) is 23.1 Å². The molecule has 0 amide bonds. The van der Waals surface area contributed by atoms with Gasteiger partial charge in [0.2, 0.25) is 10.0 Å². The first kappa shape index (κ1) is 17.3. The molecule has 1 N–H and O–H groups in total. The number of rotatable bonds is 7. The fourth-order valence-corrected chi connectivity index (χ4v) is 2.96. The van der Waals surface area contributed by atoms with Crippen LogP contribution in [0.3, 0.4) is 0 Å². The summed E-state index contributed by atoms with van der Waals surface area (Å²) < 4.78 is 30.8. The van der Waals surface area contributed by atoms with Crippen molar-refractivity contribution in [1.29, 1.82) is 0 Å². The number of nitro benzene ring substituents is 1. The zero-order valence-corrected chi connectivity index (χ0v) is 12.8. The summed E-state index contributed by atoms with van der Waals surface area (Å²) in [6.45, 7) is 1.69. The Morgan fingerprint density at radius 1 is 1.48 bits per heavy atom. The van der Waals surface area contributed by atoms with E-state index in [0.29, 0.717) is 0 Å². The Morgan fingerprint density at radius 2 is 2.10 bits per heavy atom. The van der Waals surface area contributed by atoms with Crippen LogP contribution >= 0.6 is 0 Å². The number of methoxy groups -OCH3 is 1. The molecule has 8 nitrogen and oxygen atoms in total. The van der Waals surface area contributed by atoms with E-state index in [1.165, 1.54) is 14.2 Å². The molecule has 9 heteroatoms. The molecule has 118 valence electrons. The van der Waals surface area contributed by atoms with Gasteiger partial charge in [-0.05, 0) is 19.4 Å². The van der Waals surface area contributed by atoms with Crippen molar-refractivity contribution in [3.05, 3.63) is 28.3 Å². The van der Waals surface area contributed by atoms with Gasteiger partial charge in [-0.25, -0.2) is 12.7 Å². The molecule has 1 aromatic carbocycles. The monoisotopic (exact) mass is 318 g/mol. The smallest absolute Gasteiger partial charge is 0.273 e. The zero-order valence-electron chi connectivity index (χ0n) is 12.0. The molecule has 0 radical (unpaired) electrons. The van der Waals surface area contributed by atoms with Gasteiger partial charge in [0.05, 0.1) is 24.2 Å². The van der Waals surface area contributed by atoms with E-state index in [-0.39, 0.29) is 29.3 Å². The van der Waals surface area contributed by atoms with Gasteiger partial charge in [0.1, 0.15) is 10.6 Å². The molecule has 0 aliphatic rings. The van der Waals surface area contributed by atoms with Crippen LogP contribution in [-0.2, 0) is 10.0 Å². The van der Waals surface area contributed by atoms with Gasteiger partial charge in [-0.2, -0.15) is 0 Å². The first-order valence-electron chi connectivity index (χ1n) is 6.17. The van der Waals surface area contributed by atoms with Crippen LogP contribution in [0, 0.1) is 10.1 Å². The second kappa shape index (κ2) is 6.83. The Hall–Kier alpha value is -1.71. The van der Waals surface area contributed by atoms with Crippen molar-refractivity contribution >= 4 is 15.7 Å². The average Bonchev–Trinajstić information content (AvgIpc) is 2.43. The minimum Gasteiger partial charge on any atom is -0.495 e. The van der Waals surface area contributed by atoms with E-state index < -0.39 is 21.1 Å². The third-order valence-electron chi connectivity index (χ3n) is 2.91. The van der Waals surface area contributed by atoms with Crippen molar-refractivity contribution in [2.45, 2.75) is 24.3 Å². The summed E-state index contributed by atoms with van der Waals surface area (Å²) in [4.78, 5) is 9.93. The molecule has 0 aliphatic heterocycles. The highest BCUT2D eigenvalue weighted by atomic mass is 32.2. The van der Waals surface area contributed by atoms with E-state index in [1.54, 1.807) is 6.92 Å². The number of aliphatic hydroxyl groups is 1. The van der Waals surface area contributed by atoms with E-state index in [1.807, 2.05) is 0 Å². The van der Waals surface area contributed by atoms with Crippen molar-refractivity contribution in [3.63, 3.8) is 0 Å². The summed E-state index contributed by atoms with van der Waals surface area (Å²) in [6.07, 6.45) is -0.341. The van der Waals surface area contributed by atoms with Gasteiger partial charge in [-0.1, -0.05) is 0 Å². The predicted octanol–water partition coefficient (Wildman–Crippen LogP) is 0.995. The van der Waals surface area contributed by atoms with E-state index in [2.05, 4.69) is 0 Å². The van der Waals surface area contributed by atoms with E-state index in [9.17, 15) is 23.6 Å². The molecule has 1 aromatic rings. The molecule has 0 saturated heterocycles. The molecule has 1 atom stereocenters. The lowest BCUT2D eigenvalue weighted by atomic mass is 10.3. The van der Waals surface area contributed by atoms with Crippen LogP contribution in [0.25, 0.3) is 0 Å². The van der Waals surface area contributed by atoms with Crippen molar-refractivity contribution in [2.24, 2.45) is 0 Å². The van der Waals surface area contributed by atoms with Crippen LogP contribution in [0.4, 0.5) is 5.69 Å². The van der Waals surface area contributed by atoms with Gasteiger partial charge >= 0.3 is 0 Å². The summed E-state index contributed by atoms with van der Waals surface area (Å²) in [6, 6.07) is 3.32. The molecular weight excluding hydrogens is 300 g/mol. The summed E-state index contributed by atoms with van der Waals surface area (Å²) >= 11 is 0. The lowest BCUT2D eigenvalue weighted by Crippen LogP contribution is -2.29. The normalized spacial score (nSPS) is 13.2. The fraction of sp³-hybridized carbons (Fsp3) is 0.500. The molecule has 0 spiro atoms.